The molecular weight excluding hydrogens is 314 g/mol. The van der Waals surface area contributed by atoms with Gasteiger partial charge in [0.2, 0.25) is 0 Å². The number of nitrogens with zero attached hydrogens (tertiary/aromatic N) is 1. The molecule has 0 atom stereocenters. The molecule has 1 aromatic heterocycles. The van der Waals surface area contributed by atoms with E-state index in [1.165, 1.54) is 5.56 Å². The number of hydrogen-bond acceptors (Lipinski definition) is 2. The normalized spacial score (nSPS) is 12.7. The summed E-state index contributed by atoms with van der Waals surface area (Å²) in [6.45, 7) is 2.09. The van der Waals surface area contributed by atoms with Gasteiger partial charge in [-0.05, 0) is 42.8 Å². The van der Waals surface area contributed by atoms with Crippen LogP contribution < -0.4 is 5.32 Å². The average Bonchev–Trinajstić information content (AvgIpc) is 2.65. The Morgan fingerprint density at radius 2 is 2.00 bits per heavy atom. The fourth-order valence-electron chi connectivity index (χ4n) is 2.55. The number of benzene rings is 2. The van der Waals surface area contributed by atoms with Gasteiger partial charge < -0.3 is 10.3 Å². The van der Waals surface area contributed by atoms with E-state index in [2.05, 4.69) is 62.4 Å². The van der Waals surface area contributed by atoms with Crippen molar-refractivity contribution in [1.29, 1.82) is 0 Å². The second kappa shape index (κ2) is 4.21. The molecule has 0 unspecified atom stereocenters. The molecule has 2 aromatic carbocycles. The molecule has 0 aliphatic carbocycles. The van der Waals surface area contributed by atoms with E-state index in [1.54, 1.807) is 0 Å². The number of H-pyrrole nitrogens is 1. The van der Waals surface area contributed by atoms with Gasteiger partial charge in [-0.1, -0.05) is 22.0 Å². The first-order chi connectivity index (χ1) is 9.70. The van der Waals surface area contributed by atoms with Crippen LogP contribution in [0.3, 0.4) is 0 Å². The Morgan fingerprint density at radius 3 is 2.90 bits per heavy atom. The van der Waals surface area contributed by atoms with Crippen LogP contribution in [0.25, 0.3) is 10.9 Å². The number of anilines is 2. The van der Waals surface area contributed by atoms with Gasteiger partial charge in [0.25, 0.3) is 0 Å². The molecule has 4 heteroatoms. The Balaban J connectivity index is 1.98. The zero-order chi connectivity index (χ0) is 13.7. The minimum Gasteiger partial charge on any atom is -0.352 e. The first-order valence-electron chi connectivity index (χ1n) is 6.44. The van der Waals surface area contributed by atoms with Crippen LogP contribution in [-0.4, -0.2) is 11.2 Å². The number of aromatic amines is 1. The second-order valence-electron chi connectivity index (χ2n) is 5.01. The van der Waals surface area contributed by atoms with Crippen molar-refractivity contribution in [3.05, 3.63) is 52.1 Å². The smallest absolute Gasteiger partial charge is 0.0865 e. The average molecular weight is 326 g/mol. The third-order valence-corrected chi connectivity index (χ3v) is 4.03. The fourth-order valence-corrected chi connectivity index (χ4v) is 2.91. The van der Waals surface area contributed by atoms with E-state index in [9.17, 15) is 0 Å². The Bertz CT molecular complexity index is 862. The number of rotatable bonds is 0. The molecule has 1 aliphatic heterocycles. The molecule has 0 amide bonds. The molecule has 0 radical (unpaired) electrons. The van der Waals surface area contributed by atoms with Crippen molar-refractivity contribution in [2.75, 3.05) is 5.32 Å². The van der Waals surface area contributed by atoms with Gasteiger partial charge in [-0.3, -0.25) is 4.99 Å². The van der Waals surface area contributed by atoms with Crippen LogP contribution in [0.2, 0.25) is 0 Å². The lowest BCUT2D eigenvalue weighted by atomic mass is 10.1. The van der Waals surface area contributed by atoms with E-state index in [0.29, 0.717) is 0 Å². The molecule has 3 nitrogen and oxygen atoms in total. The van der Waals surface area contributed by atoms with Crippen LogP contribution in [0.4, 0.5) is 17.1 Å². The lowest BCUT2D eigenvalue weighted by molar-refractivity contribution is 1.43. The van der Waals surface area contributed by atoms with Crippen molar-refractivity contribution in [1.82, 2.24) is 4.98 Å². The predicted molar refractivity (Wildman–Crippen MR) is 87.7 cm³/mol. The zero-order valence-electron chi connectivity index (χ0n) is 10.9. The molecule has 1 aliphatic rings. The first kappa shape index (κ1) is 11.7. The number of fused-ring (bicyclic) bond motifs is 4. The number of aromatic nitrogens is 1. The summed E-state index contributed by atoms with van der Waals surface area (Å²) in [5.41, 5.74) is 6.41. The third-order valence-electron chi connectivity index (χ3n) is 3.53. The van der Waals surface area contributed by atoms with Gasteiger partial charge in [-0.25, -0.2) is 0 Å². The monoisotopic (exact) mass is 325 g/mol. The third kappa shape index (κ3) is 1.76. The molecule has 98 valence electrons. The van der Waals surface area contributed by atoms with Crippen LogP contribution in [-0.2, 0) is 0 Å². The minimum atomic E-state index is 0.961. The number of hydrogen-bond donors (Lipinski definition) is 2. The Morgan fingerprint density at radius 1 is 1.10 bits per heavy atom. The maximum absolute atomic E-state index is 4.56. The van der Waals surface area contributed by atoms with Crippen LogP contribution in [0.15, 0.2) is 45.9 Å². The summed E-state index contributed by atoms with van der Waals surface area (Å²) in [7, 11) is 0. The molecule has 0 spiro atoms. The van der Waals surface area contributed by atoms with Gasteiger partial charge in [0.15, 0.2) is 0 Å². The van der Waals surface area contributed by atoms with Crippen molar-refractivity contribution in [3.63, 3.8) is 0 Å². The molecule has 20 heavy (non-hydrogen) atoms. The zero-order valence-corrected chi connectivity index (χ0v) is 12.5. The molecule has 3 aromatic rings. The Kier molecular flexibility index (Phi) is 2.47. The minimum absolute atomic E-state index is 0.961. The van der Waals surface area contributed by atoms with E-state index in [1.807, 2.05) is 18.3 Å². The molecule has 0 fully saturated rings. The SMILES string of the molecule is Cc1ccc2c(c1)Nc1c([nH]c3ccc(Br)cc13)C=N2. The van der Waals surface area contributed by atoms with Crippen molar-refractivity contribution in [2.24, 2.45) is 4.99 Å². The Hall–Kier alpha value is -2.07. The van der Waals surface area contributed by atoms with Gasteiger partial charge in [0, 0.05) is 15.4 Å². The number of aliphatic imine (C=N–C) groups is 1. The van der Waals surface area contributed by atoms with Crippen LogP contribution in [0.1, 0.15) is 11.3 Å². The largest absolute Gasteiger partial charge is 0.352 e. The molecule has 2 heterocycles. The van der Waals surface area contributed by atoms with E-state index in [0.717, 1.165) is 38.1 Å². The van der Waals surface area contributed by atoms with Crippen molar-refractivity contribution in [3.8, 4) is 0 Å². The summed E-state index contributed by atoms with van der Waals surface area (Å²) < 4.78 is 1.07. The Labute approximate surface area is 124 Å². The first-order valence-corrected chi connectivity index (χ1v) is 7.23. The number of aryl methyl sites for hydroxylation is 1. The molecule has 0 bridgehead atoms. The molecular formula is C16H12BrN3. The predicted octanol–water partition coefficient (Wildman–Crippen LogP) is 5.05. The summed E-state index contributed by atoms with van der Waals surface area (Å²) in [5.74, 6) is 0. The van der Waals surface area contributed by atoms with Gasteiger partial charge in [-0.2, -0.15) is 0 Å². The maximum Gasteiger partial charge on any atom is 0.0865 e. The van der Waals surface area contributed by atoms with Gasteiger partial charge in [0.05, 0.1) is 29.0 Å². The standard InChI is InChI=1S/C16H12BrN3/c1-9-2-4-13-14(6-9)20-16-11-7-10(17)3-5-12(11)19-15(16)8-18-13/h2-8,19-20H,1H3. The molecule has 2 N–H and O–H groups in total. The highest BCUT2D eigenvalue weighted by atomic mass is 79.9. The summed E-state index contributed by atoms with van der Waals surface area (Å²) >= 11 is 3.53. The highest BCUT2D eigenvalue weighted by Crippen LogP contribution is 2.37. The van der Waals surface area contributed by atoms with Gasteiger partial charge in [-0.15, -0.1) is 0 Å². The molecule has 4 rings (SSSR count). The van der Waals surface area contributed by atoms with Gasteiger partial charge in [0.1, 0.15) is 0 Å². The lowest BCUT2D eigenvalue weighted by Gasteiger charge is -2.08. The van der Waals surface area contributed by atoms with Crippen molar-refractivity contribution >= 4 is 50.1 Å². The van der Waals surface area contributed by atoms with Crippen LogP contribution in [0.5, 0.6) is 0 Å². The molecule has 0 saturated heterocycles. The topological polar surface area (TPSA) is 40.2 Å². The highest BCUT2D eigenvalue weighted by molar-refractivity contribution is 9.10. The fraction of sp³-hybridized carbons (Fsp3) is 0.0625. The van der Waals surface area contributed by atoms with E-state index < -0.39 is 0 Å². The number of nitrogens with one attached hydrogen (secondary N) is 2. The lowest BCUT2D eigenvalue weighted by Crippen LogP contribution is -1.91. The maximum atomic E-state index is 4.56. The summed E-state index contributed by atoms with van der Waals surface area (Å²) in [6.07, 6.45) is 1.89. The van der Waals surface area contributed by atoms with Crippen LogP contribution in [0, 0.1) is 6.92 Å². The second-order valence-corrected chi connectivity index (χ2v) is 5.92. The molecule has 0 saturated carbocycles. The van der Waals surface area contributed by atoms with E-state index >= 15 is 0 Å². The van der Waals surface area contributed by atoms with E-state index in [4.69, 9.17) is 0 Å². The quantitative estimate of drug-likeness (QED) is 0.466. The van der Waals surface area contributed by atoms with Gasteiger partial charge >= 0.3 is 0 Å². The van der Waals surface area contributed by atoms with Crippen molar-refractivity contribution in [2.45, 2.75) is 6.92 Å². The van der Waals surface area contributed by atoms with Crippen LogP contribution >= 0.6 is 15.9 Å². The summed E-state index contributed by atoms with van der Waals surface area (Å²) in [5, 5.41) is 4.68. The summed E-state index contributed by atoms with van der Waals surface area (Å²) in [6, 6.07) is 12.5. The highest BCUT2D eigenvalue weighted by Gasteiger charge is 2.15. The summed E-state index contributed by atoms with van der Waals surface area (Å²) in [4.78, 5) is 7.96. The van der Waals surface area contributed by atoms with E-state index in [-0.39, 0.29) is 0 Å². The van der Waals surface area contributed by atoms with Crippen molar-refractivity contribution < 1.29 is 0 Å². The number of halogens is 1.